The lowest BCUT2D eigenvalue weighted by Gasteiger charge is -2.14. The minimum atomic E-state index is -0.157. The predicted octanol–water partition coefficient (Wildman–Crippen LogP) is 4.84. The molecule has 2 amide bonds. The standard InChI is InChI=1S/C20H23N3O2S2/c1-11(2)23-13-8-9-26-16(13)10-14(23)18(24)22-20-17(19(25)21-3)12-6-4-5-7-15(12)27-20/h8-11H,4-7H2,1-3H3,(H,21,25)(H,22,24). The van der Waals surface area contributed by atoms with E-state index in [4.69, 9.17) is 0 Å². The number of aromatic nitrogens is 1. The Labute approximate surface area is 166 Å². The van der Waals surface area contributed by atoms with Gasteiger partial charge in [0, 0.05) is 18.0 Å². The van der Waals surface area contributed by atoms with Crippen LogP contribution in [0.4, 0.5) is 5.00 Å². The molecule has 0 saturated heterocycles. The van der Waals surface area contributed by atoms with E-state index in [2.05, 4.69) is 35.1 Å². The van der Waals surface area contributed by atoms with E-state index in [1.54, 1.807) is 29.7 Å². The molecule has 3 heterocycles. The number of nitrogens with zero attached hydrogens (tertiary/aromatic N) is 1. The van der Waals surface area contributed by atoms with Crippen LogP contribution in [-0.2, 0) is 12.8 Å². The van der Waals surface area contributed by atoms with E-state index in [0.29, 0.717) is 16.3 Å². The molecule has 0 aliphatic heterocycles. The Hall–Kier alpha value is -2.12. The van der Waals surface area contributed by atoms with Gasteiger partial charge in [0.25, 0.3) is 11.8 Å². The number of nitrogens with one attached hydrogen (secondary N) is 2. The summed E-state index contributed by atoms with van der Waals surface area (Å²) in [7, 11) is 1.64. The minimum absolute atomic E-state index is 0.120. The van der Waals surface area contributed by atoms with Crippen molar-refractivity contribution < 1.29 is 9.59 Å². The van der Waals surface area contributed by atoms with E-state index in [0.717, 1.165) is 41.5 Å². The summed E-state index contributed by atoms with van der Waals surface area (Å²) in [6.45, 7) is 4.15. The first-order chi connectivity index (χ1) is 13.0. The number of hydrogen-bond donors (Lipinski definition) is 2. The summed E-state index contributed by atoms with van der Waals surface area (Å²) in [6, 6.07) is 4.17. The highest BCUT2D eigenvalue weighted by Crippen LogP contribution is 2.38. The topological polar surface area (TPSA) is 63.1 Å². The van der Waals surface area contributed by atoms with Gasteiger partial charge < -0.3 is 15.2 Å². The third-order valence-corrected chi connectivity index (χ3v) is 7.12. The molecule has 3 aromatic rings. The lowest BCUT2D eigenvalue weighted by Crippen LogP contribution is -2.23. The number of aryl methyl sites for hydroxylation is 1. The lowest BCUT2D eigenvalue weighted by molar-refractivity contribution is 0.0963. The van der Waals surface area contributed by atoms with Crippen molar-refractivity contribution in [2.75, 3.05) is 12.4 Å². The molecule has 1 aliphatic rings. The Morgan fingerprint density at radius 1 is 1.19 bits per heavy atom. The van der Waals surface area contributed by atoms with Gasteiger partial charge in [-0.3, -0.25) is 9.59 Å². The first-order valence-electron chi connectivity index (χ1n) is 9.27. The summed E-state index contributed by atoms with van der Waals surface area (Å²) in [6.07, 6.45) is 4.12. The molecular formula is C20H23N3O2S2. The molecule has 4 rings (SSSR count). The maximum absolute atomic E-state index is 13.1. The monoisotopic (exact) mass is 401 g/mol. The Morgan fingerprint density at radius 2 is 1.96 bits per heavy atom. The number of thiophene rings is 2. The quantitative estimate of drug-likeness (QED) is 0.657. The van der Waals surface area contributed by atoms with Crippen molar-refractivity contribution >= 4 is 49.7 Å². The average Bonchev–Trinajstić information content (AvgIpc) is 3.32. The number of amides is 2. The number of fused-ring (bicyclic) bond motifs is 2. The van der Waals surface area contributed by atoms with Gasteiger partial charge in [0.05, 0.1) is 15.8 Å². The average molecular weight is 402 g/mol. The second kappa shape index (κ2) is 7.13. The van der Waals surface area contributed by atoms with Gasteiger partial charge in [0.1, 0.15) is 10.7 Å². The number of anilines is 1. The molecule has 0 fully saturated rings. The zero-order valence-electron chi connectivity index (χ0n) is 15.7. The van der Waals surface area contributed by atoms with Crippen molar-refractivity contribution in [3.05, 3.63) is 39.2 Å². The molecule has 3 aromatic heterocycles. The molecule has 0 spiro atoms. The molecule has 5 nitrogen and oxygen atoms in total. The zero-order valence-corrected chi connectivity index (χ0v) is 17.4. The summed E-state index contributed by atoms with van der Waals surface area (Å²) in [5.41, 5.74) is 3.48. The fraction of sp³-hybridized carbons (Fsp3) is 0.400. The number of carbonyl (C=O) groups is 2. The van der Waals surface area contributed by atoms with E-state index in [-0.39, 0.29) is 17.9 Å². The summed E-state index contributed by atoms with van der Waals surface area (Å²) in [4.78, 5) is 26.9. The maximum Gasteiger partial charge on any atom is 0.272 e. The van der Waals surface area contributed by atoms with Crippen LogP contribution < -0.4 is 10.6 Å². The summed E-state index contributed by atoms with van der Waals surface area (Å²) in [5, 5.41) is 8.49. The van der Waals surface area contributed by atoms with Gasteiger partial charge in [0.15, 0.2) is 0 Å². The fourth-order valence-electron chi connectivity index (χ4n) is 3.86. The van der Waals surface area contributed by atoms with Crippen LogP contribution in [0.5, 0.6) is 0 Å². The van der Waals surface area contributed by atoms with Gasteiger partial charge >= 0.3 is 0 Å². The largest absolute Gasteiger partial charge is 0.355 e. The van der Waals surface area contributed by atoms with Gasteiger partial charge in [0.2, 0.25) is 0 Å². The molecule has 142 valence electrons. The van der Waals surface area contributed by atoms with Crippen molar-refractivity contribution in [1.82, 2.24) is 9.88 Å². The van der Waals surface area contributed by atoms with Gasteiger partial charge in [-0.1, -0.05) is 0 Å². The highest BCUT2D eigenvalue weighted by molar-refractivity contribution is 7.17. The molecule has 0 radical (unpaired) electrons. The Bertz CT molecular complexity index is 1030. The van der Waals surface area contributed by atoms with E-state index in [1.165, 1.54) is 4.88 Å². The van der Waals surface area contributed by atoms with E-state index >= 15 is 0 Å². The van der Waals surface area contributed by atoms with Gasteiger partial charge in [-0.25, -0.2) is 0 Å². The van der Waals surface area contributed by atoms with Crippen LogP contribution in [0.3, 0.4) is 0 Å². The van der Waals surface area contributed by atoms with Crippen LogP contribution in [0.1, 0.15) is 64.0 Å². The van der Waals surface area contributed by atoms with Gasteiger partial charge in [-0.2, -0.15) is 0 Å². The van der Waals surface area contributed by atoms with E-state index < -0.39 is 0 Å². The second-order valence-electron chi connectivity index (χ2n) is 7.11. The van der Waals surface area contributed by atoms with Crippen LogP contribution in [0, 0.1) is 0 Å². The van der Waals surface area contributed by atoms with Crippen molar-refractivity contribution in [2.24, 2.45) is 0 Å². The molecule has 0 atom stereocenters. The molecule has 7 heteroatoms. The lowest BCUT2D eigenvalue weighted by atomic mass is 9.95. The summed E-state index contributed by atoms with van der Waals surface area (Å²) in [5.74, 6) is -0.277. The molecule has 27 heavy (non-hydrogen) atoms. The van der Waals surface area contributed by atoms with Gasteiger partial charge in [-0.15, -0.1) is 22.7 Å². The third kappa shape index (κ3) is 3.08. The molecule has 2 N–H and O–H groups in total. The van der Waals surface area contributed by atoms with Gasteiger partial charge in [-0.05, 0) is 62.6 Å². The SMILES string of the molecule is CNC(=O)c1c(NC(=O)c2cc3sccc3n2C(C)C)sc2c1CCCC2. The summed E-state index contributed by atoms with van der Waals surface area (Å²) >= 11 is 3.19. The van der Waals surface area contributed by atoms with Crippen molar-refractivity contribution in [2.45, 2.75) is 45.6 Å². The highest BCUT2D eigenvalue weighted by Gasteiger charge is 2.27. The molecular weight excluding hydrogens is 378 g/mol. The first kappa shape index (κ1) is 18.3. The maximum atomic E-state index is 13.1. The predicted molar refractivity (Wildman–Crippen MR) is 113 cm³/mol. The van der Waals surface area contributed by atoms with Crippen molar-refractivity contribution in [1.29, 1.82) is 0 Å². The number of rotatable bonds is 4. The van der Waals surface area contributed by atoms with Crippen LogP contribution in [-0.4, -0.2) is 23.4 Å². The molecule has 0 aromatic carbocycles. The zero-order chi connectivity index (χ0) is 19.1. The Kier molecular flexibility index (Phi) is 4.82. The molecule has 0 saturated carbocycles. The molecule has 1 aliphatic carbocycles. The fourth-order valence-corrected chi connectivity index (χ4v) is 5.95. The van der Waals surface area contributed by atoms with E-state index in [9.17, 15) is 9.59 Å². The first-order valence-corrected chi connectivity index (χ1v) is 11.0. The number of carbonyl (C=O) groups excluding carboxylic acids is 2. The molecule has 0 bridgehead atoms. The van der Waals surface area contributed by atoms with Crippen molar-refractivity contribution in [3.8, 4) is 0 Å². The Morgan fingerprint density at radius 3 is 2.70 bits per heavy atom. The number of hydrogen-bond acceptors (Lipinski definition) is 4. The van der Waals surface area contributed by atoms with Crippen molar-refractivity contribution in [3.63, 3.8) is 0 Å². The van der Waals surface area contributed by atoms with Crippen LogP contribution >= 0.6 is 22.7 Å². The minimum Gasteiger partial charge on any atom is -0.355 e. The highest BCUT2D eigenvalue weighted by atomic mass is 32.1. The molecule has 0 unspecified atom stereocenters. The normalized spacial score (nSPS) is 13.8. The summed E-state index contributed by atoms with van der Waals surface area (Å²) < 4.78 is 3.17. The second-order valence-corrected chi connectivity index (χ2v) is 9.16. The van der Waals surface area contributed by atoms with E-state index in [1.807, 2.05) is 11.4 Å². The van der Waals surface area contributed by atoms with Crippen LogP contribution in [0.25, 0.3) is 10.2 Å². The van der Waals surface area contributed by atoms with Crippen LogP contribution in [0.15, 0.2) is 17.5 Å². The van der Waals surface area contributed by atoms with Crippen LogP contribution in [0.2, 0.25) is 0 Å². The third-order valence-electron chi connectivity index (χ3n) is 5.06. The Balaban J connectivity index is 1.74. The smallest absolute Gasteiger partial charge is 0.272 e.